The number of nitrogens with one attached hydrogen (secondary N) is 1. The summed E-state index contributed by atoms with van der Waals surface area (Å²) in [4.78, 5) is 22.4. The highest BCUT2D eigenvalue weighted by atomic mass is 31.0. The summed E-state index contributed by atoms with van der Waals surface area (Å²) in [5, 5.41) is 1.43. The average molecular weight is 470 g/mol. The second-order valence-corrected chi connectivity index (χ2v) is 9.39. The van der Waals surface area contributed by atoms with Gasteiger partial charge in [-0.1, -0.05) is 37.6 Å². The summed E-state index contributed by atoms with van der Waals surface area (Å²) in [7, 11) is 2.63. The van der Waals surface area contributed by atoms with Crippen molar-refractivity contribution in [1.82, 2.24) is 9.97 Å². The molecule has 1 aliphatic heterocycles. The molecule has 2 heterocycles. The number of halogens is 2. The molecule has 0 saturated carbocycles. The van der Waals surface area contributed by atoms with Crippen molar-refractivity contribution in [2.45, 2.75) is 51.9 Å². The maximum absolute atomic E-state index is 15.3. The predicted molar refractivity (Wildman–Crippen MR) is 135 cm³/mol. The number of nitrogens with zero attached hydrogens (tertiary/aromatic N) is 2. The fourth-order valence-electron chi connectivity index (χ4n) is 5.21. The van der Waals surface area contributed by atoms with Gasteiger partial charge in [0, 0.05) is 30.1 Å². The van der Waals surface area contributed by atoms with E-state index in [1.807, 2.05) is 19.1 Å². The lowest BCUT2D eigenvalue weighted by Gasteiger charge is -2.44. The fraction of sp³-hybridized carbons (Fsp3) is 0.385. The Labute approximate surface area is 195 Å². The van der Waals surface area contributed by atoms with E-state index in [0.717, 1.165) is 28.9 Å². The highest BCUT2D eigenvalue weighted by Gasteiger charge is 2.41. The third kappa shape index (κ3) is 4.21. The Morgan fingerprint density at radius 3 is 2.64 bits per heavy atom. The van der Waals surface area contributed by atoms with Crippen molar-refractivity contribution >= 4 is 31.4 Å². The maximum Gasteiger partial charge on any atom is 0.260 e. The number of allylic oxidation sites excluding steroid dienone is 2. The fourth-order valence-corrected chi connectivity index (χ4v) is 5.54. The van der Waals surface area contributed by atoms with Gasteiger partial charge in [-0.05, 0) is 55.6 Å². The molecular formula is C26H30F2N3OP. The summed E-state index contributed by atoms with van der Waals surface area (Å²) in [6.07, 6.45) is 4.85. The van der Waals surface area contributed by atoms with Crippen molar-refractivity contribution in [2.24, 2.45) is 0 Å². The van der Waals surface area contributed by atoms with Gasteiger partial charge in [-0.15, -0.1) is 9.24 Å². The van der Waals surface area contributed by atoms with Gasteiger partial charge in [0.15, 0.2) is 0 Å². The van der Waals surface area contributed by atoms with Crippen LogP contribution in [0.4, 0.5) is 14.7 Å². The van der Waals surface area contributed by atoms with Crippen molar-refractivity contribution in [3.05, 3.63) is 75.1 Å². The standard InChI is InChI=1S/C26H30F2N3OP/c1-4-7-16(3)26(22-17(5-2)14-18(27)15-20(22)28)10-12-31(13-11-26)25-29-23-19(24(32)30-25)8-6-9-21(23)33/h6-9,14-15H,4-5,10-13,33H2,1-3H3,(H,29,30,32)/b16-7-. The van der Waals surface area contributed by atoms with Crippen LogP contribution in [0.25, 0.3) is 10.9 Å². The molecule has 1 unspecified atom stereocenters. The Hall–Kier alpha value is -2.59. The molecule has 1 aliphatic rings. The summed E-state index contributed by atoms with van der Waals surface area (Å²) >= 11 is 0. The molecule has 4 rings (SSSR count). The topological polar surface area (TPSA) is 49.0 Å². The van der Waals surface area contributed by atoms with Crippen LogP contribution >= 0.6 is 9.24 Å². The first kappa shape index (κ1) is 23.6. The Morgan fingerprint density at radius 1 is 1.24 bits per heavy atom. The van der Waals surface area contributed by atoms with Crippen LogP contribution in [-0.4, -0.2) is 23.1 Å². The van der Waals surface area contributed by atoms with Crippen LogP contribution in [0.2, 0.25) is 0 Å². The maximum atomic E-state index is 15.3. The molecule has 1 fully saturated rings. The third-order valence-corrected chi connectivity index (χ3v) is 7.40. The Balaban J connectivity index is 1.75. The number of rotatable bonds is 5. The lowest BCUT2D eigenvalue weighted by atomic mass is 9.66. The van der Waals surface area contributed by atoms with Crippen LogP contribution in [-0.2, 0) is 11.8 Å². The van der Waals surface area contributed by atoms with Gasteiger partial charge < -0.3 is 4.90 Å². The zero-order valence-corrected chi connectivity index (χ0v) is 20.5. The first-order valence-electron chi connectivity index (χ1n) is 11.5. The third-order valence-electron chi connectivity index (χ3n) is 6.93. The minimum atomic E-state index is -0.538. The van der Waals surface area contributed by atoms with Crippen molar-refractivity contribution in [2.75, 3.05) is 18.0 Å². The van der Waals surface area contributed by atoms with E-state index in [-0.39, 0.29) is 5.56 Å². The molecule has 4 nitrogen and oxygen atoms in total. The number of aromatic amines is 1. The predicted octanol–water partition coefficient (Wildman–Crippen LogP) is 5.16. The van der Waals surface area contributed by atoms with E-state index in [2.05, 4.69) is 39.0 Å². The van der Waals surface area contributed by atoms with Crippen LogP contribution in [0.1, 0.15) is 51.2 Å². The molecular weight excluding hydrogens is 439 g/mol. The molecule has 0 aliphatic carbocycles. The van der Waals surface area contributed by atoms with Gasteiger partial charge in [-0.2, -0.15) is 0 Å². The van der Waals surface area contributed by atoms with E-state index in [4.69, 9.17) is 4.98 Å². The van der Waals surface area contributed by atoms with Gasteiger partial charge in [0.05, 0.1) is 10.9 Å². The number of fused-ring (bicyclic) bond motifs is 1. The van der Waals surface area contributed by atoms with Gasteiger partial charge >= 0.3 is 0 Å². The minimum Gasteiger partial charge on any atom is -0.342 e. The van der Waals surface area contributed by atoms with Crippen LogP contribution < -0.4 is 15.8 Å². The summed E-state index contributed by atoms with van der Waals surface area (Å²) in [6, 6.07) is 7.98. The van der Waals surface area contributed by atoms with E-state index in [0.29, 0.717) is 54.8 Å². The van der Waals surface area contributed by atoms with E-state index in [1.54, 1.807) is 6.07 Å². The zero-order valence-electron chi connectivity index (χ0n) is 19.3. The molecule has 1 N–H and O–H groups in total. The summed E-state index contributed by atoms with van der Waals surface area (Å²) in [5.41, 5.74) is 2.42. The monoisotopic (exact) mass is 469 g/mol. The summed E-state index contributed by atoms with van der Waals surface area (Å²) < 4.78 is 29.3. The molecule has 174 valence electrons. The van der Waals surface area contributed by atoms with Gasteiger partial charge in [0.25, 0.3) is 5.56 Å². The Kier molecular flexibility index (Phi) is 6.67. The van der Waals surface area contributed by atoms with Crippen LogP contribution in [0.3, 0.4) is 0 Å². The van der Waals surface area contributed by atoms with Gasteiger partial charge in [0.2, 0.25) is 5.95 Å². The molecule has 33 heavy (non-hydrogen) atoms. The molecule has 0 radical (unpaired) electrons. The van der Waals surface area contributed by atoms with Crippen molar-refractivity contribution < 1.29 is 8.78 Å². The normalized spacial score (nSPS) is 16.4. The SMILES string of the molecule is CC/C=C(/C)C1(c2c(F)cc(F)cc2CC)CCN(c2nc3c(P)cccc3c(=O)[nH]2)CC1. The molecule has 1 atom stereocenters. The Bertz CT molecular complexity index is 1280. The molecule has 1 saturated heterocycles. The molecule has 0 bridgehead atoms. The smallest absolute Gasteiger partial charge is 0.260 e. The Morgan fingerprint density at radius 2 is 1.97 bits per heavy atom. The number of hydrogen-bond donors (Lipinski definition) is 1. The van der Waals surface area contributed by atoms with E-state index >= 15 is 4.39 Å². The minimum absolute atomic E-state index is 0.170. The van der Waals surface area contributed by atoms with Crippen LogP contribution in [0.15, 0.2) is 46.8 Å². The van der Waals surface area contributed by atoms with Gasteiger partial charge in [-0.3, -0.25) is 9.78 Å². The highest BCUT2D eigenvalue weighted by molar-refractivity contribution is 7.28. The highest BCUT2D eigenvalue weighted by Crippen LogP contribution is 2.45. The second-order valence-electron chi connectivity index (χ2n) is 8.77. The lowest BCUT2D eigenvalue weighted by Crippen LogP contribution is -2.45. The summed E-state index contributed by atoms with van der Waals surface area (Å²) in [5.74, 6) is -0.485. The molecule has 1 aromatic heterocycles. The van der Waals surface area contributed by atoms with Crippen molar-refractivity contribution in [1.29, 1.82) is 0 Å². The molecule has 7 heteroatoms. The first-order valence-corrected chi connectivity index (χ1v) is 12.1. The van der Waals surface area contributed by atoms with Crippen molar-refractivity contribution in [3.63, 3.8) is 0 Å². The lowest BCUT2D eigenvalue weighted by molar-refractivity contribution is 0.363. The first-order chi connectivity index (χ1) is 15.8. The van der Waals surface area contributed by atoms with Gasteiger partial charge in [0.1, 0.15) is 11.6 Å². The number of piperidine rings is 1. The largest absolute Gasteiger partial charge is 0.342 e. The number of hydrogen-bond acceptors (Lipinski definition) is 3. The average Bonchev–Trinajstić information content (AvgIpc) is 2.79. The van der Waals surface area contributed by atoms with E-state index in [9.17, 15) is 9.18 Å². The van der Waals surface area contributed by atoms with E-state index < -0.39 is 17.0 Å². The number of H-pyrrole nitrogens is 1. The molecule has 0 amide bonds. The number of anilines is 1. The molecule has 2 aromatic carbocycles. The number of benzene rings is 2. The van der Waals surface area contributed by atoms with E-state index in [1.165, 1.54) is 6.07 Å². The van der Waals surface area contributed by atoms with Crippen LogP contribution in [0, 0.1) is 11.6 Å². The molecule has 3 aromatic rings. The quantitative estimate of drug-likeness (QED) is 0.415. The number of aromatic nitrogens is 2. The zero-order chi connectivity index (χ0) is 23.8. The number of para-hydroxylation sites is 1. The number of aryl methyl sites for hydroxylation is 1. The van der Waals surface area contributed by atoms with Crippen molar-refractivity contribution in [3.8, 4) is 0 Å². The van der Waals surface area contributed by atoms with Gasteiger partial charge in [-0.25, -0.2) is 13.8 Å². The molecule has 0 spiro atoms. The van der Waals surface area contributed by atoms with Crippen LogP contribution in [0.5, 0.6) is 0 Å². The summed E-state index contributed by atoms with van der Waals surface area (Å²) in [6.45, 7) is 7.25. The second kappa shape index (κ2) is 9.34.